The Bertz CT molecular complexity index is 447. The maximum Gasteiger partial charge on any atom is 0.391 e. The Hall–Kier alpha value is -0.750. The van der Waals surface area contributed by atoms with E-state index >= 15 is 0 Å². The second-order valence-electron chi connectivity index (χ2n) is 5.45. The quantitative estimate of drug-likeness (QED) is 0.852. The molecule has 1 aliphatic rings. The highest BCUT2D eigenvalue weighted by Gasteiger charge is 2.47. The van der Waals surface area contributed by atoms with Gasteiger partial charge in [-0.05, 0) is 43.5 Å². The number of rotatable bonds is 3. The van der Waals surface area contributed by atoms with Crippen LogP contribution in [0.5, 0.6) is 0 Å². The predicted molar refractivity (Wildman–Crippen MR) is 77.6 cm³/mol. The van der Waals surface area contributed by atoms with Gasteiger partial charge in [0, 0.05) is 16.7 Å². The van der Waals surface area contributed by atoms with Gasteiger partial charge in [-0.15, -0.1) is 0 Å². The molecule has 2 atom stereocenters. The van der Waals surface area contributed by atoms with Crippen LogP contribution in [0.3, 0.4) is 0 Å². The maximum atomic E-state index is 12.9. The fourth-order valence-corrected chi connectivity index (χ4v) is 3.10. The molecule has 2 nitrogen and oxygen atoms in total. The number of nitrogens with two attached hydrogens (primary N) is 1. The second kappa shape index (κ2) is 5.93. The first-order valence-electron chi connectivity index (χ1n) is 6.65. The molecule has 1 aliphatic carbocycles. The first-order chi connectivity index (χ1) is 9.35. The SMILES string of the molecule is NCC1(Nc2ccc(Br)cc2)CCCC(C(F)(F)F)C1. The third-order valence-corrected chi connectivity index (χ3v) is 4.48. The van der Waals surface area contributed by atoms with Gasteiger partial charge in [-0.3, -0.25) is 0 Å². The van der Waals surface area contributed by atoms with Gasteiger partial charge in [0.15, 0.2) is 0 Å². The number of nitrogens with one attached hydrogen (secondary N) is 1. The Morgan fingerprint density at radius 2 is 1.95 bits per heavy atom. The molecule has 0 amide bonds. The molecule has 0 spiro atoms. The van der Waals surface area contributed by atoms with Crippen molar-refractivity contribution in [2.75, 3.05) is 11.9 Å². The van der Waals surface area contributed by atoms with Crippen LogP contribution in [0.1, 0.15) is 25.7 Å². The summed E-state index contributed by atoms with van der Waals surface area (Å²) in [7, 11) is 0. The highest BCUT2D eigenvalue weighted by molar-refractivity contribution is 9.10. The van der Waals surface area contributed by atoms with Crippen molar-refractivity contribution in [3.05, 3.63) is 28.7 Å². The Kier molecular flexibility index (Phi) is 4.64. The first-order valence-corrected chi connectivity index (χ1v) is 7.44. The zero-order valence-corrected chi connectivity index (χ0v) is 12.6. The fourth-order valence-electron chi connectivity index (χ4n) is 2.83. The molecule has 1 aromatic rings. The Morgan fingerprint density at radius 3 is 2.50 bits per heavy atom. The van der Waals surface area contributed by atoms with Gasteiger partial charge in [-0.2, -0.15) is 13.2 Å². The van der Waals surface area contributed by atoms with Gasteiger partial charge in [-0.1, -0.05) is 22.4 Å². The van der Waals surface area contributed by atoms with Gasteiger partial charge < -0.3 is 11.1 Å². The summed E-state index contributed by atoms with van der Waals surface area (Å²) in [6.07, 6.45) is -2.67. The monoisotopic (exact) mass is 350 g/mol. The van der Waals surface area contributed by atoms with E-state index < -0.39 is 17.6 Å². The van der Waals surface area contributed by atoms with Crippen molar-refractivity contribution < 1.29 is 13.2 Å². The van der Waals surface area contributed by atoms with Crippen LogP contribution >= 0.6 is 15.9 Å². The van der Waals surface area contributed by atoms with Crippen molar-refractivity contribution >= 4 is 21.6 Å². The summed E-state index contributed by atoms with van der Waals surface area (Å²) >= 11 is 3.34. The topological polar surface area (TPSA) is 38.0 Å². The molecule has 2 rings (SSSR count). The maximum absolute atomic E-state index is 12.9. The zero-order chi connectivity index (χ0) is 14.8. The number of alkyl halides is 3. The molecule has 1 fully saturated rings. The average molecular weight is 351 g/mol. The minimum atomic E-state index is -4.14. The molecule has 1 saturated carbocycles. The van der Waals surface area contributed by atoms with Crippen LogP contribution in [-0.2, 0) is 0 Å². The van der Waals surface area contributed by atoms with Gasteiger partial charge in [0.2, 0.25) is 0 Å². The molecule has 0 saturated heterocycles. The molecule has 0 bridgehead atoms. The summed E-state index contributed by atoms with van der Waals surface area (Å²) in [6, 6.07) is 7.41. The summed E-state index contributed by atoms with van der Waals surface area (Å²) in [5, 5.41) is 3.23. The van der Waals surface area contributed by atoms with Crippen LogP contribution in [0.15, 0.2) is 28.7 Å². The van der Waals surface area contributed by atoms with E-state index in [2.05, 4.69) is 21.2 Å². The van der Waals surface area contributed by atoms with Gasteiger partial charge in [-0.25, -0.2) is 0 Å². The van der Waals surface area contributed by atoms with Crippen molar-refractivity contribution in [3.63, 3.8) is 0 Å². The summed E-state index contributed by atoms with van der Waals surface area (Å²) in [5.74, 6) is -1.26. The van der Waals surface area contributed by atoms with Crippen molar-refractivity contribution in [1.29, 1.82) is 0 Å². The molecule has 0 aromatic heterocycles. The van der Waals surface area contributed by atoms with Gasteiger partial charge in [0.05, 0.1) is 11.5 Å². The molecule has 0 aliphatic heterocycles. The second-order valence-corrected chi connectivity index (χ2v) is 6.37. The van der Waals surface area contributed by atoms with Gasteiger partial charge in [0.1, 0.15) is 0 Å². The molecular weight excluding hydrogens is 333 g/mol. The highest BCUT2D eigenvalue weighted by atomic mass is 79.9. The molecular formula is C14H18BrF3N2. The van der Waals surface area contributed by atoms with Crippen LogP contribution in [0.2, 0.25) is 0 Å². The lowest BCUT2D eigenvalue weighted by Crippen LogP contribution is -2.51. The van der Waals surface area contributed by atoms with E-state index in [1.54, 1.807) is 0 Å². The summed E-state index contributed by atoms with van der Waals surface area (Å²) in [5.41, 5.74) is 5.93. The average Bonchev–Trinajstić information content (AvgIpc) is 2.41. The van der Waals surface area contributed by atoms with E-state index in [0.717, 1.165) is 10.2 Å². The largest absolute Gasteiger partial charge is 0.391 e. The minimum Gasteiger partial charge on any atom is -0.378 e. The lowest BCUT2D eigenvalue weighted by Gasteiger charge is -2.42. The van der Waals surface area contributed by atoms with E-state index in [1.807, 2.05) is 24.3 Å². The molecule has 2 unspecified atom stereocenters. The molecule has 0 heterocycles. The number of anilines is 1. The standard InChI is InChI=1S/C14H18BrF3N2/c15-11-3-5-12(6-4-11)20-13(9-19)7-1-2-10(8-13)14(16,17)18/h3-6,10,20H,1-2,7-9,19H2. The van der Waals surface area contributed by atoms with Crippen molar-refractivity contribution in [2.45, 2.75) is 37.4 Å². The smallest absolute Gasteiger partial charge is 0.378 e. The highest BCUT2D eigenvalue weighted by Crippen LogP contribution is 2.42. The van der Waals surface area contributed by atoms with Crippen molar-refractivity contribution in [2.24, 2.45) is 11.7 Å². The number of hydrogen-bond acceptors (Lipinski definition) is 2. The van der Waals surface area contributed by atoms with E-state index in [-0.39, 0.29) is 19.4 Å². The molecule has 112 valence electrons. The molecule has 6 heteroatoms. The third-order valence-electron chi connectivity index (χ3n) is 3.95. The lowest BCUT2D eigenvalue weighted by atomic mass is 9.75. The van der Waals surface area contributed by atoms with Crippen LogP contribution in [0.25, 0.3) is 0 Å². The normalized spacial score (nSPS) is 27.4. The van der Waals surface area contributed by atoms with E-state index in [0.29, 0.717) is 12.8 Å². The Labute approximate surface area is 125 Å². The Balaban J connectivity index is 2.14. The van der Waals surface area contributed by atoms with Crippen molar-refractivity contribution in [3.8, 4) is 0 Å². The number of benzene rings is 1. The number of hydrogen-bond donors (Lipinski definition) is 2. The first kappa shape index (κ1) is 15.6. The van der Waals surface area contributed by atoms with Crippen LogP contribution in [0.4, 0.5) is 18.9 Å². The van der Waals surface area contributed by atoms with E-state index in [9.17, 15) is 13.2 Å². The summed E-state index contributed by atoms with van der Waals surface area (Å²) < 4.78 is 39.7. The predicted octanol–water partition coefficient (Wildman–Crippen LogP) is 4.31. The zero-order valence-electron chi connectivity index (χ0n) is 11.0. The van der Waals surface area contributed by atoms with Crippen LogP contribution in [0, 0.1) is 5.92 Å². The minimum absolute atomic E-state index is 0.0447. The molecule has 3 N–H and O–H groups in total. The van der Waals surface area contributed by atoms with E-state index in [1.165, 1.54) is 0 Å². The van der Waals surface area contributed by atoms with Gasteiger partial charge in [0.25, 0.3) is 0 Å². The molecule has 0 radical (unpaired) electrons. The summed E-state index contributed by atoms with van der Waals surface area (Å²) in [6.45, 7) is 0.204. The molecule has 20 heavy (non-hydrogen) atoms. The fraction of sp³-hybridized carbons (Fsp3) is 0.571. The molecule has 1 aromatic carbocycles. The number of halogens is 4. The third kappa shape index (κ3) is 3.67. The Morgan fingerprint density at radius 1 is 1.30 bits per heavy atom. The summed E-state index contributed by atoms with van der Waals surface area (Å²) in [4.78, 5) is 0. The van der Waals surface area contributed by atoms with Gasteiger partial charge >= 0.3 is 6.18 Å². The lowest BCUT2D eigenvalue weighted by molar-refractivity contribution is -0.185. The van der Waals surface area contributed by atoms with Crippen molar-refractivity contribution in [1.82, 2.24) is 0 Å². The van der Waals surface area contributed by atoms with Crippen LogP contribution in [-0.4, -0.2) is 18.3 Å². The van der Waals surface area contributed by atoms with E-state index in [4.69, 9.17) is 5.73 Å². The van der Waals surface area contributed by atoms with Crippen LogP contribution < -0.4 is 11.1 Å².